The number of carboxylic acid groups (broad SMARTS) is 2. The molecule has 0 spiro atoms. The van der Waals surface area contributed by atoms with Crippen LogP contribution in [0.3, 0.4) is 0 Å². The van der Waals surface area contributed by atoms with Gasteiger partial charge in [0.15, 0.2) is 0 Å². The Morgan fingerprint density at radius 1 is 0.750 bits per heavy atom. The van der Waals surface area contributed by atoms with Crippen molar-refractivity contribution in [3.63, 3.8) is 0 Å². The smallest absolute Gasteiger partial charge is 0.326 e. The minimum Gasteiger partial charge on any atom is -0.481 e. The lowest BCUT2D eigenvalue weighted by Crippen LogP contribution is -2.58. The molecule has 0 aliphatic heterocycles. The van der Waals surface area contributed by atoms with E-state index in [9.17, 15) is 24.0 Å². The predicted molar refractivity (Wildman–Crippen MR) is 110 cm³/mol. The van der Waals surface area contributed by atoms with Crippen molar-refractivity contribution < 1.29 is 34.2 Å². The van der Waals surface area contributed by atoms with Gasteiger partial charge in [0.1, 0.15) is 18.1 Å². The fraction of sp³-hybridized carbons (Fsp3) is 0.643. The van der Waals surface area contributed by atoms with E-state index < -0.39 is 60.2 Å². The van der Waals surface area contributed by atoms with Gasteiger partial charge < -0.3 is 31.9 Å². The Morgan fingerprint density at radius 3 is 1.54 bits per heavy atom. The molecule has 3 amide bonds. The van der Waals surface area contributed by atoms with Gasteiger partial charge in [-0.05, 0) is 6.42 Å². The van der Waals surface area contributed by atoms with Crippen molar-refractivity contribution in [1.29, 1.82) is 0 Å². The molecule has 0 saturated heterocycles. The van der Waals surface area contributed by atoms with E-state index in [0.29, 0.717) is 0 Å². The van der Waals surface area contributed by atoms with Gasteiger partial charge in [0.25, 0.3) is 0 Å². The van der Waals surface area contributed by atoms with Crippen molar-refractivity contribution in [3.8, 4) is 0 Å². The predicted octanol–water partition coefficient (Wildman–Crippen LogP) is -2.49. The highest BCUT2D eigenvalue weighted by atomic mass is 32.1. The third-order valence-corrected chi connectivity index (χ3v) is 4.55. The standard InChI is InChI=1S/C14H24N4O7S3/c15-6(3-26)11(21)17-8(4-27)13(23)18-9(5-28)12(22)16-7(14(24)25)1-2-10(19)20/h6-9,26-28H,1-5,15H2,(H,16,22)(H,17,21)(H,18,23)(H,19,20)(H,24,25). The van der Waals surface area contributed by atoms with Crippen molar-refractivity contribution in [2.45, 2.75) is 37.0 Å². The topological polar surface area (TPSA) is 188 Å². The molecule has 4 unspecified atom stereocenters. The van der Waals surface area contributed by atoms with E-state index in [1.54, 1.807) is 0 Å². The van der Waals surface area contributed by atoms with E-state index in [1.165, 1.54) is 0 Å². The molecule has 0 aromatic carbocycles. The summed E-state index contributed by atoms with van der Waals surface area (Å²) in [5.41, 5.74) is 5.51. The summed E-state index contributed by atoms with van der Waals surface area (Å²) in [7, 11) is 0. The van der Waals surface area contributed by atoms with Crippen molar-refractivity contribution in [3.05, 3.63) is 0 Å². The van der Waals surface area contributed by atoms with Gasteiger partial charge in [0, 0.05) is 23.7 Å². The lowest BCUT2D eigenvalue weighted by atomic mass is 10.1. The third-order valence-electron chi connectivity index (χ3n) is 3.43. The Morgan fingerprint density at radius 2 is 1.18 bits per heavy atom. The number of nitrogens with two attached hydrogens (primary N) is 1. The molecule has 0 aromatic rings. The van der Waals surface area contributed by atoms with Crippen molar-refractivity contribution in [1.82, 2.24) is 16.0 Å². The van der Waals surface area contributed by atoms with Gasteiger partial charge in [-0.15, -0.1) is 0 Å². The summed E-state index contributed by atoms with van der Waals surface area (Å²) >= 11 is 11.8. The van der Waals surface area contributed by atoms with Crippen LogP contribution < -0.4 is 21.7 Å². The zero-order valence-electron chi connectivity index (χ0n) is 14.7. The fourth-order valence-corrected chi connectivity index (χ4v) is 2.50. The SMILES string of the molecule is NC(CS)C(=O)NC(CS)C(=O)NC(CS)C(=O)NC(CCC(=O)O)C(=O)O. The van der Waals surface area contributed by atoms with Crippen molar-refractivity contribution >= 4 is 67.5 Å². The van der Waals surface area contributed by atoms with Crippen LogP contribution in [-0.4, -0.2) is 81.3 Å². The molecule has 0 heterocycles. The van der Waals surface area contributed by atoms with Gasteiger partial charge in [-0.3, -0.25) is 19.2 Å². The normalized spacial score (nSPS) is 14.9. The number of amides is 3. The Hall–Kier alpha value is -1.64. The van der Waals surface area contributed by atoms with Crippen LogP contribution in [-0.2, 0) is 24.0 Å². The highest BCUT2D eigenvalue weighted by Gasteiger charge is 2.29. The minimum atomic E-state index is -1.45. The number of aliphatic carboxylic acids is 2. The molecular formula is C14H24N4O7S3. The Labute approximate surface area is 177 Å². The van der Waals surface area contributed by atoms with Crippen LogP contribution in [0.5, 0.6) is 0 Å². The molecule has 0 rings (SSSR count). The Balaban J connectivity index is 4.96. The molecule has 7 N–H and O–H groups in total. The molecule has 14 heteroatoms. The number of rotatable bonds is 13. The van der Waals surface area contributed by atoms with Gasteiger partial charge in [0.2, 0.25) is 17.7 Å². The first-order valence-electron chi connectivity index (χ1n) is 8.01. The van der Waals surface area contributed by atoms with Gasteiger partial charge in [-0.2, -0.15) is 37.9 Å². The largest absolute Gasteiger partial charge is 0.481 e. The number of hydrogen-bond donors (Lipinski definition) is 9. The van der Waals surface area contributed by atoms with Crippen molar-refractivity contribution in [2.24, 2.45) is 5.73 Å². The van der Waals surface area contributed by atoms with E-state index in [2.05, 4.69) is 53.8 Å². The number of carbonyl (C=O) groups excluding carboxylic acids is 3. The fourth-order valence-electron chi connectivity index (χ4n) is 1.82. The summed E-state index contributed by atoms with van der Waals surface area (Å²) in [5.74, 6) is -5.08. The first-order chi connectivity index (χ1) is 13.1. The molecule has 0 aliphatic carbocycles. The van der Waals surface area contributed by atoms with Gasteiger partial charge >= 0.3 is 11.9 Å². The second-order valence-corrected chi connectivity index (χ2v) is 6.70. The second kappa shape index (κ2) is 13.5. The summed E-state index contributed by atoms with van der Waals surface area (Å²) in [5, 5.41) is 24.6. The summed E-state index contributed by atoms with van der Waals surface area (Å²) in [6.45, 7) is 0. The molecule has 0 saturated carbocycles. The van der Waals surface area contributed by atoms with Gasteiger partial charge in [-0.25, -0.2) is 4.79 Å². The maximum atomic E-state index is 12.3. The quantitative estimate of drug-likeness (QED) is 0.136. The molecule has 160 valence electrons. The third kappa shape index (κ3) is 9.52. The highest BCUT2D eigenvalue weighted by molar-refractivity contribution is 7.80. The lowest BCUT2D eigenvalue weighted by Gasteiger charge is -2.23. The maximum Gasteiger partial charge on any atom is 0.326 e. The molecule has 0 bridgehead atoms. The van der Waals surface area contributed by atoms with Crippen LogP contribution in [0.2, 0.25) is 0 Å². The van der Waals surface area contributed by atoms with E-state index in [4.69, 9.17) is 15.9 Å². The molecule has 28 heavy (non-hydrogen) atoms. The Bertz CT molecular complexity index is 593. The van der Waals surface area contributed by atoms with Crippen LogP contribution >= 0.6 is 37.9 Å². The van der Waals surface area contributed by atoms with Crippen LogP contribution in [0.25, 0.3) is 0 Å². The summed E-state index contributed by atoms with van der Waals surface area (Å²) in [6.07, 6.45) is -0.797. The lowest BCUT2D eigenvalue weighted by molar-refractivity contribution is -0.143. The highest BCUT2D eigenvalue weighted by Crippen LogP contribution is 2.01. The van der Waals surface area contributed by atoms with Crippen LogP contribution in [0, 0.1) is 0 Å². The van der Waals surface area contributed by atoms with Gasteiger partial charge in [0.05, 0.1) is 6.04 Å². The van der Waals surface area contributed by atoms with Crippen LogP contribution in [0.15, 0.2) is 0 Å². The maximum absolute atomic E-state index is 12.3. The monoisotopic (exact) mass is 456 g/mol. The zero-order chi connectivity index (χ0) is 21.9. The van der Waals surface area contributed by atoms with Crippen LogP contribution in [0.1, 0.15) is 12.8 Å². The number of carboxylic acids is 2. The zero-order valence-corrected chi connectivity index (χ0v) is 17.4. The summed E-state index contributed by atoms with van der Waals surface area (Å²) in [4.78, 5) is 58.0. The first kappa shape index (κ1) is 26.4. The summed E-state index contributed by atoms with van der Waals surface area (Å²) in [6, 6.07) is -4.70. The molecule has 0 aliphatic rings. The van der Waals surface area contributed by atoms with Crippen molar-refractivity contribution in [2.75, 3.05) is 17.3 Å². The minimum absolute atomic E-state index is 0.0569. The number of carbonyl (C=O) groups is 5. The second-order valence-electron chi connectivity index (χ2n) is 5.61. The first-order valence-corrected chi connectivity index (χ1v) is 9.90. The van der Waals surface area contributed by atoms with E-state index in [-0.39, 0.29) is 23.7 Å². The molecule has 0 aromatic heterocycles. The number of hydrogen-bond acceptors (Lipinski definition) is 9. The molecular weight excluding hydrogens is 432 g/mol. The van der Waals surface area contributed by atoms with Gasteiger partial charge in [-0.1, -0.05) is 0 Å². The van der Waals surface area contributed by atoms with E-state index >= 15 is 0 Å². The van der Waals surface area contributed by atoms with Crippen LogP contribution in [0.4, 0.5) is 0 Å². The average molecular weight is 457 g/mol. The average Bonchev–Trinajstić information content (AvgIpc) is 2.65. The molecule has 0 radical (unpaired) electrons. The molecule has 0 fully saturated rings. The number of thiol groups is 3. The van der Waals surface area contributed by atoms with E-state index in [0.717, 1.165) is 0 Å². The number of nitrogens with one attached hydrogen (secondary N) is 3. The Kier molecular flexibility index (Phi) is 12.7. The van der Waals surface area contributed by atoms with E-state index in [1.807, 2.05) is 0 Å². The molecule has 4 atom stereocenters. The summed E-state index contributed by atoms with van der Waals surface area (Å²) < 4.78 is 0. The molecule has 11 nitrogen and oxygen atoms in total.